The molecule has 0 aromatic rings. The van der Waals surface area contributed by atoms with Gasteiger partial charge in [0.1, 0.15) is 24.9 Å². The summed E-state index contributed by atoms with van der Waals surface area (Å²) in [5.41, 5.74) is 1.25. The monoisotopic (exact) mass is 810 g/mol. The second-order valence-electron chi connectivity index (χ2n) is 15.4. The molecule has 4 aliphatic rings. The van der Waals surface area contributed by atoms with Gasteiger partial charge in [-0.25, -0.2) is 4.79 Å². The molecule has 0 bridgehead atoms. The average Bonchev–Trinajstić information content (AvgIpc) is 3.68. The Labute approximate surface area is 336 Å². The molecule has 2 fully saturated rings. The van der Waals surface area contributed by atoms with Crippen molar-refractivity contribution in [2.75, 3.05) is 58.5 Å². The fourth-order valence-corrected chi connectivity index (χ4v) is 10.7. The summed E-state index contributed by atoms with van der Waals surface area (Å²) in [6, 6.07) is 0. The summed E-state index contributed by atoms with van der Waals surface area (Å²) in [6.07, 6.45) is 14.0. The van der Waals surface area contributed by atoms with Crippen LogP contribution in [0.15, 0.2) is 23.8 Å². The number of carbonyl (C=O) groups excluding carboxylic acids is 3. The highest BCUT2D eigenvalue weighted by Crippen LogP contribution is 2.45. The molecule has 0 spiro atoms. The zero-order valence-electron chi connectivity index (χ0n) is 33.5. The van der Waals surface area contributed by atoms with Gasteiger partial charge < -0.3 is 38.5 Å². The number of unbranched alkanes of at least 4 members (excludes halogenated alkanes) is 1. The number of rotatable bonds is 24. The number of hydrogen-bond acceptors (Lipinski definition) is 13. The molecule has 14 heteroatoms. The molecule has 0 saturated carbocycles. The number of carbonyl (C=O) groups is 3. The number of nitrogens with one attached hydrogen (secondary N) is 2. The Morgan fingerprint density at radius 3 is 2.44 bits per heavy atom. The number of esters is 1. The van der Waals surface area contributed by atoms with Crippen LogP contribution < -0.4 is 5.32 Å². The highest BCUT2D eigenvalue weighted by Gasteiger charge is 2.42. The van der Waals surface area contributed by atoms with E-state index >= 15 is 0 Å². The zero-order chi connectivity index (χ0) is 39.4. The van der Waals surface area contributed by atoms with E-state index in [-0.39, 0.29) is 67.4 Å². The summed E-state index contributed by atoms with van der Waals surface area (Å²) < 4.78 is 39.4. The largest absolute Gasteiger partial charge is 0.508 e. The van der Waals surface area contributed by atoms with Crippen molar-refractivity contribution in [1.82, 2.24) is 5.32 Å². The van der Waals surface area contributed by atoms with Crippen molar-refractivity contribution >= 4 is 45.5 Å². The first-order valence-corrected chi connectivity index (χ1v) is 23.0. The van der Waals surface area contributed by atoms with Gasteiger partial charge in [-0.2, -0.15) is 0 Å². The minimum Gasteiger partial charge on any atom is -0.478 e. The van der Waals surface area contributed by atoms with E-state index in [1.165, 1.54) is 24.2 Å². The molecular formula is C41H66N2O10S2. The summed E-state index contributed by atoms with van der Waals surface area (Å²) in [7, 11) is 3.95. The topological polar surface area (TPSA) is 152 Å². The second-order valence-corrected chi connectivity index (χ2v) is 18.1. The van der Waals surface area contributed by atoms with Crippen molar-refractivity contribution in [2.24, 2.45) is 29.6 Å². The number of allylic oxidation sites excluding steroid dienone is 3. The Hall–Kier alpha value is -2.26. The first-order chi connectivity index (χ1) is 26.6. The quantitative estimate of drug-likeness (QED) is 0.0559. The standard InChI is InChI=1S/C41H66N2O10S2/c1-5-29(3)40(45)53-36-25-28(2)24-31-11-10-30(4)35(39(31)36)13-12-32-26-33(27-37(42)51-32)52-41(46)50-22-21-49-20-19-48-18-17-47-16-15-43-38(44)9-7-6-8-34-14-23-54-55-34/h10-11,24,28-30,32-36,39,42H,5-9,12-23,25-27H2,1-4H3,(H,43,44). The number of amides is 1. The fraction of sp³-hybridized carbons (Fsp3) is 0.805. The fourth-order valence-electron chi connectivity index (χ4n) is 7.65. The van der Waals surface area contributed by atoms with Crippen LogP contribution >= 0.6 is 21.6 Å². The molecule has 312 valence electrons. The van der Waals surface area contributed by atoms with Crippen molar-refractivity contribution in [3.63, 3.8) is 0 Å². The Morgan fingerprint density at radius 1 is 0.964 bits per heavy atom. The lowest BCUT2D eigenvalue weighted by Gasteiger charge is -2.43. The van der Waals surface area contributed by atoms with E-state index in [4.69, 9.17) is 38.6 Å². The van der Waals surface area contributed by atoms with Crippen molar-refractivity contribution in [1.29, 1.82) is 5.41 Å². The highest BCUT2D eigenvalue weighted by atomic mass is 33.1. The SMILES string of the molecule is CCC(C)C(=O)OC1CC(C)C=C2C=CC(C)C(CCC3CC(OC(=O)OCCOCCOCCOCCNC(=O)CCCCC4CCSS4)CC(=N)O3)C21. The zero-order valence-corrected chi connectivity index (χ0v) is 35.1. The average molecular weight is 811 g/mol. The van der Waals surface area contributed by atoms with Crippen LogP contribution in [0.1, 0.15) is 98.3 Å². The summed E-state index contributed by atoms with van der Waals surface area (Å²) >= 11 is 0. The third-order valence-corrected chi connectivity index (χ3v) is 13.9. The molecule has 9 atom stereocenters. The van der Waals surface area contributed by atoms with Crippen LogP contribution in [0.25, 0.3) is 0 Å². The van der Waals surface area contributed by atoms with Crippen molar-refractivity contribution in [3.8, 4) is 0 Å². The molecule has 2 aliphatic carbocycles. The van der Waals surface area contributed by atoms with Gasteiger partial charge in [-0.05, 0) is 68.3 Å². The van der Waals surface area contributed by atoms with Crippen LogP contribution in [0.3, 0.4) is 0 Å². The van der Waals surface area contributed by atoms with Crippen LogP contribution in [-0.2, 0) is 42.7 Å². The minimum atomic E-state index is -0.785. The van der Waals surface area contributed by atoms with E-state index in [1.54, 1.807) is 0 Å². The third-order valence-electron chi connectivity index (χ3n) is 10.9. The number of ether oxygens (including phenoxy) is 7. The normalized spacial score (nSPS) is 28.1. The molecular weight excluding hydrogens is 745 g/mol. The van der Waals surface area contributed by atoms with Gasteiger partial charge in [-0.1, -0.05) is 73.9 Å². The molecule has 1 amide bonds. The van der Waals surface area contributed by atoms with E-state index in [9.17, 15) is 14.4 Å². The molecule has 0 aromatic carbocycles. The summed E-state index contributed by atoms with van der Waals surface area (Å²) in [6.45, 7) is 11.1. The molecule has 0 aromatic heterocycles. The maximum Gasteiger partial charge on any atom is 0.508 e. The summed E-state index contributed by atoms with van der Waals surface area (Å²) in [5, 5.41) is 11.9. The van der Waals surface area contributed by atoms with E-state index in [0.29, 0.717) is 70.7 Å². The predicted octanol–water partition coefficient (Wildman–Crippen LogP) is 7.69. The van der Waals surface area contributed by atoms with Crippen LogP contribution in [0.4, 0.5) is 4.79 Å². The predicted molar refractivity (Wildman–Crippen MR) is 216 cm³/mol. The maximum atomic E-state index is 12.8. The number of hydrogen-bond donors (Lipinski definition) is 2. The van der Waals surface area contributed by atoms with Gasteiger partial charge in [0.25, 0.3) is 0 Å². The first kappa shape index (κ1) is 45.4. The van der Waals surface area contributed by atoms with Crippen LogP contribution in [0, 0.1) is 35.0 Å². The minimum absolute atomic E-state index is 0.0439. The van der Waals surface area contributed by atoms with Crippen LogP contribution in [0.2, 0.25) is 0 Å². The van der Waals surface area contributed by atoms with Gasteiger partial charge in [-0.15, -0.1) is 0 Å². The molecule has 12 nitrogen and oxygen atoms in total. The molecule has 55 heavy (non-hydrogen) atoms. The van der Waals surface area contributed by atoms with Gasteiger partial charge in [-0.3, -0.25) is 15.0 Å². The van der Waals surface area contributed by atoms with Crippen molar-refractivity contribution in [3.05, 3.63) is 23.8 Å². The van der Waals surface area contributed by atoms with Crippen molar-refractivity contribution in [2.45, 2.75) is 122 Å². The van der Waals surface area contributed by atoms with E-state index in [0.717, 1.165) is 37.4 Å². The van der Waals surface area contributed by atoms with Crippen molar-refractivity contribution < 1.29 is 47.5 Å². The van der Waals surface area contributed by atoms with E-state index in [2.05, 4.69) is 37.4 Å². The van der Waals surface area contributed by atoms with Gasteiger partial charge in [0, 0.05) is 36.3 Å². The van der Waals surface area contributed by atoms with Gasteiger partial charge in [0.15, 0.2) is 5.90 Å². The smallest absolute Gasteiger partial charge is 0.478 e. The highest BCUT2D eigenvalue weighted by molar-refractivity contribution is 8.77. The Balaban J connectivity index is 1.02. The lowest BCUT2D eigenvalue weighted by atomic mass is 9.65. The number of fused-ring (bicyclic) bond motifs is 1. The molecule has 9 unspecified atom stereocenters. The van der Waals surface area contributed by atoms with Gasteiger partial charge in [0.2, 0.25) is 5.91 Å². The third kappa shape index (κ3) is 16.6. The second kappa shape index (κ2) is 25.2. The lowest BCUT2D eigenvalue weighted by molar-refractivity contribution is -0.158. The Morgan fingerprint density at radius 2 is 1.71 bits per heavy atom. The maximum absolute atomic E-state index is 12.8. The van der Waals surface area contributed by atoms with E-state index < -0.39 is 12.3 Å². The molecule has 2 heterocycles. The molecule has 2 N–H and O–H groups in total. The Bertz CT molecular complexity index is 1260. The van der Waals surface area contributed by atoms with Crippen LogP contribution in [0.5, 0.6) is 0 Å². The molecule has 4 rings (SSSR count). The summed E-state index contributed by atoms with van der Waals surface area (Å²) in [4.78, 5) is 37.2. The van der Waals surface area contributed by atoms with Gasteiger partial charge >= 0.3 is 12.1 Å². The molecule has 2 saturated heterocycles. The first-order valence-electron chi connectivity index (χ1n) is 20.6. The molecule has 0 radical (unpaired) electrons. The van der Waals surface area contributed by atoms with Gasteiger partial charge in [0.05, 0.1) is 52.0 Å². The van der Waals surface area contributed by atoms with Crippen LogP contribution in [-0.4, -0.2) is 106 Å². The van der Waals surface area contributed by atoms with E-state index in [1.807, 2.05) is 35.4 Å². The molecule has 2 aliphatic heterocycles. The summed E-state index contributed by atoms with van der Waals surface area (Å²) in [5.74, 6) is 2.20. The Kier molecular flexibility index (Phi) is 20.8. The lowest BCUT2D eigenvalue weighted by Crippen LogP contribution is -2.42.